The molecule has 0 aliphatic heterocycles. The second-order valence-corrected chi connectivity index (χ2v) is 6.01. The van der Waals surface area contributed by atoms with Crippen LogP contribution in [0.15, 0.2) is 29.6 Å². The molecule has 1 nitrogen and oxygen atoms in total. The second-order valence-electron chi connectivity index (χ2n) is 4.89. The molecule has 0 radical (unpaired) electrons. The van der Waals surface area contributed by atoms with Gasteiger partial charge in [-0.1, -0.05) is 13.0 Å². The van der Waals surface area contributed by atoms with Gasteiger partial charge in [0.2, 0.25) is 0 Å². The highest BCUT2D eigenvalue weighted by Gasteiger charge is 2.15. The average Bonchev–Trinajstić information content (AvgIpc) is 2.85. The van der Waals surface area contributed by atoms with Gasteiger partial charge in [-0.25, -0.2) is 8.78 Å². The van der Waals surface area contributed by atoms with E-state index in [4.69, 9.17) is 0 Å². The fraction of sp³-hybridized carbons (Fsp3) is 0.375. The van der Waals surface area contributed by atoms with Gasteiger partial charge in [0.1, 0.15) is 0 Å². The van der Waals surface area contributed by atoms with Crippen LogP contribution in [0.2, 0.25) is 0 Å². The number of halogens is 2. The van der Waals surface area contributed by atoms with Crippen LogP contribution < -0.4 is 5.32 Å². The largest absolute Gasteiger partial charge is 0.310 e. The number of benzene rings is 1. The Kier molecular flexibility index (Phi) is 5.26. The number of nitrogens with one attached hydrogen (secondary N) is 1. The standard InChI is InChI=1S/C16H19F2NS/c1-3-7-19-16(13-6-8-20-11(13)2)10-12-4-5-14(17)15(18)9-12/h4-6,8-9,16,19H,3,7,10H2,1-2H3. The fourth-order valence-electron chi connectivity index (χ4n) is 2.27. The summed E-state index contributed by atoms with van der Waals surface area (Å²) in [7, 11) is 0. The highest BCUT2D eigenvalue weighted by atomic mass is 32.1. The molecule has 0 amide bonds. The van der Waals surface area contributed by atoms with Crippen molar-refractivity contribution in [3.8, 4) is 0 Å². The van der Waals surface area contributed by atoms with E-state index in [-0.39, 0.29) is 6.04 Å². The maximum atomic E-state index is 13.3. The van der Waals surface area contributed by atoms with Gasteiger partial charge in [-0.3, -0.25) is 0 Å². The Bertz CT molecular complexity index is 565. The first kappa shape index (κ1) is 15.1. The normalized spacial score (nSPS) is 12.6. The van der Waals surface area contributed by atoms with Crippen molar-refractivity contribution in [1.29, 1.82) is 0 Å². The highest BCUT2D eigenvalue weighted by molar-refractivity contribution is 7.10. The molecule has 1 unspecified atom stereocenters. The molecule has 0 bridgehead atoms. The van der Waals surface area contributed by atoms with Crippen LogP contribution in [0.3, 0.4) is 0 Å². The van der Waals surface area contributed by atoms with E-state index in [9.17, 15) is 8.78 Å². The lowest BCUT2D eigenvalue weighted by Gasteiger charge is -2.19. The van der Waals surface area contributed by atoms with Crippen LogP contribution in [0, 0.1) is 18.6 Å². The minimum absolute atomic E-state index is 0.145. The fourth-order valence-corrected chi connectivity index (χ4v) is 3.03. The van der Waals surface area contributed by atoms with E-state index < -0.39 is 11.6 Å². The SMILES string of the molecule is CCCNC(Cc1ccc(F)c(F)c1)c1ccsc1C. The van der Waals surface area contributed by atoms with E-state index in [0.29, 0.717) is 6.42 Å². The van der Waals surface area contributed by atoms with Crippen LogP contribution >= 0.6 is 11.3 Å². The molecule has 108 valence electrons. The molecule has 1 heterocycles. The Balaban J connectivity index is 2.19. The molecule has 2 aromatic rings. The predicted octanol–water partition coefficient (Wildman–Crippen LogP) is 4.62. The lowest BCUT2D eigenvalue weighted by atomic mass is 9.99. The van der Waals surface area contributed by atoms with Gasteiger partial charge in [-0.2, -0.15) is 0 Å². The Labute approximate surface area is 122 Å². The topological polar surface area (TPSA) is 12.0 Å². The summed E-state index contributed by atoms with van der Waals surface area (Å²) < 4.78 is 26.3. The minimum Gasteiger partial charge on any atom is -0.310 e. The van der Waals surface area contributed by atoms with E-state index in [0.717, 1.165) is 18.5 Å². The molecule has 1 N–H and O–H groups in total. The van der Waals surface area contributed by atoms with E-state index in [1.54, 1.807) is 17.4 Å². The summed E-state index contributed by atoms with van der Waals surface area (Å²) in [6.45, 7) is 5.11. The second kappa shape index (κ2) is 6.95. The van der Waals surface area contributed by atoms with E-state index in [2.05, 4.69) is 30.6 Å². The molecule has 0 fully saturated rings. The lowest BCUT2D eigenvalue weighted by molar-refractivity contribution is 0.500. The quantitative estimate of drug-likeness (QED) is 0.820. The molecule has 2 rings (SSSR count). The Morgan fingerprint density at radius 3 is 2.60 bits per heavy atom. The number of thiophene rings is 1. The summed E-state index contributed by atoms with van der Waals surface area (Å²) in [5.74, 6) is -1.57. The van der Waals surface area contributed by atoms with Gasteiger partial charge in [-0.05, 0) is 61.0 Å². The van der Waals surface area contributed by atoms with Crippen LogP contribution in [-0.2, 0) is 6.42 Å². The summed E-state index contributed by atoms with van der Waals surface area (Å²) in [6, 6.07) is 6.39. The molecule has 0 saturated carbocycles. The molecule has 0 aliphatic rings. The van der Waals surface area contributed by atoms with Crippen molar-refractivity contribution in [3.63, 3.8) is 0 Å². The van der Waals surface area contributed by atoms with E-state index in [1.807, 2.05) is 0 Å². The lowest BCUT2D eigenvalue weighted by Crippen LogP contribution is -2.24. The molecule has 1 aromatic heterocycles. The zero-order valence-electron chi connectivity index (χ0n) is 11.7. The predicted molar refractivity (Wildman–Crippen MR) is 80.2 cm³/mol. The van der Waals surface area contributed by atoms with Gasteiger partial charge in [0.05, 0.1) is 0 Å². The molecular weight excluding hydrogens is 276 g/mol. The van der Waals surface area contributed by atoms with Gasteiger partial charge in [0, 0.05) is 10.9 Å². The third-order valence-electron chi connectivity index (χ3n) is 3.34. The zero-order chi connectivity index (χ0) is 14.5. The summed E-state index contributed by atoms with van der Waals surface area (Å²) in [6.07, 6.45) is 1.70. The summed E-state index contributed by atoms with van der Waals surface area (Å²) in [4.78, 5) is 1.26. The Morgan fingerprint density at radius 1 is 1.20 bits per heavy atom. The monoisotopic (exact) mass is 295 g/mol. The first-order valence-corrected chi connectivity index (χ1v) is 7.71. The molecule has 0 aliphatic carbocycles. The number of rotatable bonds is 6. The average molecular weight is 295 g/mol. The van der Waals surface area contributed by atoms with Crippen molar-refractivity contribution in [2.45, 2.75) is 32.7 Å². The first-order valence-electron chi connectivity index (χ1n) is 6.83. The molecule has 0 saturated heterocycles. The summed E-state index contributed by atoms with van der Waals surface area (Å²) >= 11 is 1.71. The van der Waals surface area contributed by atoms with Gasteiger partial charge in [0.15, 0.2) is 11.6 Å². The zero-order valence-corrected chi connectivity index (χ0v) is 12.6. The maximum Gasteiger partial charge on any atom is 0.159 e. The third-order valence-corrected chi connectivity index (χ3v) is 4.20. The molecular formula is C16H19F2NS. The minimum atomic E-state index is -0.793. The molecule has 0 spiro atoms. The number of aryl methyl sites for hydroxylation is 1. The van der Waals surface area contributed by atoms with Gasteiger partial charge < -0.3 is 5.32 Å². The Morgan fingerprint density at radius 2 is 2.00 bits per heavy atom. The first-order chi connectivity index (χ1) is 9.61. The van der Waals surface area contributed by atoms with Crippen molar-refractivity contribution in [1.82, 2.24) is 5.32 Å². The van der Waals surface area contributed by atoms with Crippen molar-refractivity contribution in [2.24, 2.45) is 0 Å². The molecule has 1 atom stereocenters. The van der Waals surface area contributed by atoms with Crippen LogP contribution in [0.4, 0.5) is 8.78 Å². The Hall–Kier alpha value is -1.26. The van der Waals surface area contributed by atoms with Crippen molar-refractivity contribution < 1.29 is 8.78 Å². The maximum absolute atomic E-state index is 13.3. The van der Waals surface area contributed by atoms with E-state index in [1.165, 1.54) is 22.6 Å². The highest BCUT2D eigenvalue weighted by Crippen LogP contribution is 2.26. The van der Waals surface area contributed by atoms with Crippen molar-refractivity contribution in [3.05, 3.63) is 57.3 Å². The van der Waals surface area contributed by atoms with Gasteiger partial charge in [0.25, 0.3) is 0 Å². The van der Waals surface area contributed by atoms with Gasteiger partial charge >= 0.3 is 0 Å². The smallest absolute Gasteiger partial charge is 0.159 e. The van der Waals surface area contributed by atoms with Crippen LogP contribution in [0.5, 0.6) is 0 Å². The molecule has 4 heteroatoms. The van der Waals surface area contributed by atoms with Crippen molar-refractivity contribution in [2.75, 3.05) is 6.54 Å². The number of hydrogen-bond donors (Lipinski definition) is 1. The van der Waals surface area contributed by atoms with E-state index >= 15 is 0 Å². The third kappa shape index (κ3) is 3.64. The van der Waals surface area contributed by atoms with Crippen LogP contribution in [0.1, 0.15) is 35.4 Å². The van der Waals surface area contributed by atoms with Crippen molar-refractivity contribution >= 4 is 11.3 Å². The number of hydrogen-bond acceptors (Lipinski definition) is 2. The van der Waals surface area contributed by atoms with Crippen LogP contribution in [0.25, 0.3) is 0 Å². The summed E-state index contributed by atoms with van der Waals surface area (Å²) in [5, 5.41) is 5.55. The summed E-state index contributed by atoms with van der Waals surface area (Å²) in [5.41, 5.74) is 2.05. The molecule has 1 aromatic carbocycles. The van der Waals surface area contributed by atoms with Crippen LogP contribution in [-0.4, -0.2) is 6.54 Å². The van der Waals surface area contributed by atoms with Gasteiger partial charge in [-0.15, -0.1) is 11.3 Å². The molecule has 20 heavy (non-hydrogen) atoms.